The van der Waals surface area contributed by atoms with Gasteiger partial charge in [-0.2, -0.15) is 0 Å². The maximum absolute atomic E-state index is 12.6. The smallest absolute Gasteiger partial charge is 0.310 e. The van der Waals surface area contributed by atoms with Crippen molar-refractivity contribution in [2.24, 2.45) is 5.41 Å². The lowest BCUT2D eigenvalue weighted by molar-refractivity contribution is -0.150. The normalized spacial score (nSPS) is 14.6. The molecule has 0 saturated carbocycles. The van der Waals surface area contributed by atoms with E-state index in [1.165, 1.54) is 7.11 Å². The Morgan fingerprint density at radius 1 is 1.16 bits per heavy atom. The molecule has 0 saturated heterocycles. The number of anilines is 1. The fourth-order valence-electron chi connectivity index (χ4n) is 3.47. The van der Waals surface area contributed by atoms with E-state index < -0.39 is 11.4 Å². The standard InChI is InChI=1S/C20H21NO4/c1-13-7-8-17(25-2)16(9-13)21-18(22)12-20(19(23)24)10-14-5-3-4-6-15(14)11-20/h3-9H,10-12H2,1-2H3,(H,21,22)(H,23,24). The third-order valence-corrected chi connectivity index (χ3v) is 4.76. The molecule has 5 heteroatoms. The van der Waals surface area contributed by atoms with Gasteiger partial charge in [-0.05, 0) is 48.6 Å². The number of hydrogen-bond acceptors (Lipinski definition) is 3. The van der Waals surface area contributed by atoms with Gasteiger partial charge in [-0.25, -0.2) is 0 Å². The Morgan fingerprint density at radius 3 is 2.36 bits per heavy atom. The molecule has 0 aromatic heterocycles. The Labute approximate surface area is 146 Å². The van der Waals surface area contributed by atoms with Crippen molar-refractivity contribution in [1.29, 1.82) is 0 Å². The molecule has 2 aromatic carbocycles. The van der Waals surface area contributed by atoms with Crippen LogP contribution in [0, 0.1) is 12.3 Å². The first-order valence-corrected chi connectivity index (χ1v) is 8.18. The zero-order valence-corrected chi connectivity index (χ0v) is 14.3. The van der Waals surface area contributed by atoms with E-state index in [4.69, 9.17) is 4.74 Å². The number of benzene rings is 2. The summed E-state index contributed by atoms with van der Waals surface area (Å²) in [6, 6.07) is 13.1. The highest BCUT2D eigenvalue weighted by atomic mass is 16.5. The molecule has 3 rings (SSSR count). The first kappa shape index (κ1) is 17.0. The molecule has 1 aliphatic rings. The van der Waals surface area contributed by atoms with Crippen molar-refractivity contribution >= 4 is 17.6 Å². The second-order valence-corrected chi connectivity index (χ2v) is 6.64. The molecule has 0 aliphatic heterocycles. The second-order valence-electron chi connectivity index (χ2n) is 6.64. The van der Waals surface area contributed by atoms with E-state index in [1.54, 1.807) is 6.07 Å². The third-order valence-electron chi connectivity index (χ3n) is 4.76. The number of rotatable bonds is 5. The lowest BCUT2D eigenvalue weighted by atomic mass is 9.81. The van der Waals surface area contributed by atoms with Crippen molar-refractivity contribution in [1.82, 2.24) is 0 Å². The van der Waals surface area contributed by atoms with Gasteiger partial charge in [-0.3, -0.25) is 9.59 Å². The minimum absolute atomic E-state index is 0.0753. The van der Waals surface area contributed by atoms with Crippen LogP contribution >= 0.6 is 0 Å². The number of aliphatic carboxylic acids is 1. The van der Waals surface area contributed by atoms with Gasteiger partial charge in [0.15, 0.2) is 0 Å². The Kier molecular flexibility index (Phi) is 4.49. The molecule has 130 valence electrons. The van der Waals surface area contributed by atoms with Crippen LogP contribution in [0.5, 0.6) is 5.75 Å². The van der Waals surface area contributed by atoms with E-state index in [1.807, 2.05) is 43.3 Å². The summed E-state index contributed by atoms with van der Waals surface area (Å²) < 4.78 is 5.26. The molecule has 2 N–H and O–H groups in total. The minimum Gasteiger partial charge on any atom is -0.495 e. The largest absolute Gasteiger partial charge is 0.495 e. The van der Waals surface area contributed by atoms with Crippen LogP contribution < -0.4 is 10.1 Å². The van der Waals surface area contributed by atoms with Crippen molar-refractivity contribution in [3.05, 3.63) is 59.2 Å². The number of carboxylic acids is 1. The average molecular weight is 339 g/mol. The van der Waals surface area contributed by atoms with Crippen LogP contribution in [0.25, 0.3) is 0 Å². The number of amides is 1. The van der Waals surface area contributed by atoms with Crippen molar-refractivity contribution in [2.75, 3.05) is 12.4 Å². The van der Waals surface area contributed by atoms with E-state index >= 15 is 0 Å². The highest BCUT2D eigenvalue weighted by Crippen LogP contribution is 2.40. The van der Waals surface area contributed by atoms with Crippen LogP contribution in [0.1, 0.15) is 23.1 Å². The molecule has 0 atom stereocenters. The molecule has 2 aromatic rings. The maximum atomic E-state index is 12.6. The van der Waals surface area contributed by atoms with Crippen LogP contribution in [-0.4, -0.2) is 24.1 Å². The topological polar surface area (TPSA) is 75.6 Å². The number of ether oxygens (including phenoxy) is 1. The van der Waals surface area contributed by atoms with E-state index in [0.29, 0.717) is 24.3 Å². The van der Waals surface area contributed by atoms with E-state index in [-0.39, 0.29) is 12.3 Å². The van der Waals surface area contributed by atoms with Crippen molar-refractivity contribution in [3.8, 4) is 5.75 Å². The number of aryl methyl sites for hydroxylation is 1. The summed E-state index contributed by atoms with van der Waals surface area (Å²) >= 11 is 0. The van der Waals surface area contributed by atoms with Gasteiger partial charge in [0.1, 0.15) is 5.75 Å². The van der Waals surface area contributed by atoms with E-state index in [0.717, 1.165) is 16.7 Å². The summed E-state index contributed by atoms with van der Waals surface area (Å²) in [5, 5.41) is 12.6. The van der Waals surface area contributed by atoms with Crippen molar-refractivity contribution in [2.45, 2.75) is 26.2 Å². The lowest BCUT2D eigenvalue weighted by Crippen LogP contribution is -2.36. The van der Waals surface area contributed by atoms with Crippen molar-refractivity contribution < 1.29 is 19.4 Å². The summed E-state index contributed by atoms with van der Waals surface area (Å²) in [6.07, 6.45) is 0.669. The van der Waals surface area contributed by atoms with Crippen LogP contribution in [0.15, 0.2) is 42.5 Å². The number of carbonyl (C=O) groups is 2. The molecule has 0 bridgehead atoms. The SMILES string of the molecule is COc1ccc(C)cc1NC(=O)CC1(C(=O)O)Cc2ccccc2C1. The first-order valence-electron chi connectivity index (χ1n) is 8.18. The van der Waals surface area contributed by atoms with Gasteiger partial charge in [0.25, 0.3) is 0 Å². The van der Waals surface area contributed by atoms with Gasteiger partial charge < -0.3 is 15.2 Å². The van der Waals surface area contributed by atoms with Gasteiger partial charge in [0.05, 0.1) is 18.2 Å². The van der Waals surface area contributed by atoms with Crippen molar-refractivity contribution in [3.63, 3.8) is 0 Å². The quantitative estimate of drug-likeness (QED) is 0.877. The van der Waals surface area contributed by atoms with Gasteiger partial charge in [-0.1, -0.05) is 30.3 Å². The highest BCUT2D eigenvalue weighted by Gasteiger charge is 2.45. The Hall–Kier alpha value is -2.82. The zero-order valence-electron chi connectivity index (χ0n) is 14.3. The van der Waals surface area contributed by atoms with Gasteiger partial charge >= 0.3 is 5.97 Å². The van der Waals surface area contributed by atoms with Gasteiger partial charge in [0, 0.05) is 6.42 Å². The number of methoxy groups -OCH3 is 1. The molecule has 1 amide bonds. The molecular weight excluding hydrogens is 318 g/mol. The van der Waals surface area contributed by atoms with Crippen LogP contribution in [0.4, 0.5) is 5.69 Å². The average Bonchev–Trinajstić information content (AvgIpc) is 2.94. The Morgan fingerprint density at radius 2 is 1.80 bits per heavy atom. The molecule has 0 spiro atoms. The van der Waals surface area contributed by atoms with Crippen LogP contribution in [-0.2, 0) is 22.4 Å². The molecule has 0 unspecified atom stereocenters. The zero-order chi connectivity index (χ0) is 18.0. The Balaban J connectivity index is 1.80. The van der Waals surface area contributed by atoms with Crippen LogP contribution in [0.3, 0.4) is 0 Å². The molecule has 1 aliphatic carbocycles. The highest BCUT2D eigenvalue weighted by molar-refractivity contribution is 5.96. The fraction of sp³-hybridized carbons (Fsp3) is 0.300. The summed E-state index contributed by atoms with van der Waals surface area (Å²) in [7, 11) is 1.53. The third kappa shape index (κ3) is 3.36. The molecule has 5 nitrogen and oxygen atoms in total. The van der Waals surface area contributed by atoms with Gasteiger partial charge in [0.2, 0.25) is 5.91 Å². The number of fused-ring (bicyclic) bond motifs is 1. The Bertz CT molecular complexity index is 803. The molecule has 25 heavy (non-hydrogen) atoms. The molecule has 0 fully saturated rings. The minimum atomic E-state index is -1.09. The summed E-state index contributed by atoms with van der Waals surface area (Å²) in [5.41, 5.74) is 2.46. The van der Waals surface area contributed by atoms with Gasteiger partial charge in [-0.15, -0.1) is 0 Å². The summed E-state index contributed by atoms with van der Waals surface area (Å²) in [4.78, 5) is 24.5. The number of nitrogens with one attached hydrogen (secondary N) is 1. The van der Waals surface area contributed by atoms with E-state index in [9.17, 15) is 14.7 Å². The lowest BCUT2D eigenvalue weighted by Gasteiger charge is -2.23. The fourth-order valence-corrected chi connectivity index (χ4v) is 3.47. The maximum Gasteiger partial charge on any atom is 0.310 e. The summed E-state index contributed by atoms with van der Waals surface area (Å²) in [6.45, 7) is 1.92. The monoisotopic (exact) mass is 339 g/mol. The number of carbonyl (C=O) groups excluding carboxylic acids is 1. The summed E-state index contributed by atoms with van der Waals surface area (Å²) in [5.74, 6) is -0.702. The number of carboxylic acid groups (broad SMARTS) is 1. The van der Waals surface area contributed by atoms with E-state index in [2.05, 4.69) is 5.32 Å². The predicted octanol–water partition coefficient (Wildman–Crippen LogP) is 3.20. The number of hydrogen-bond donors (Lipinski definition) is 2. The molecule has 0 radical (unpaired) electrons. The van der Waals surface area contributed by atoms with Crippen LogP contribution in [0.2, 0.25) is 0 Å². The molecule has 0 heterocycles. The first-order chi connectivity index (χ1) is 11.9. The predicted molar refractivity (Wildman–Crippen MR) is 94.9 cm³/mol. The second kappa shape index (κ2) is 6.59. The molecular formula is C20H21NO4.